The Balaban J connectivity index is 1.59. The van der Waals surface area contributed by atoms with Crippen molar-refractivity contribution in [2.75, 3.05) is 32.7 Å². The third kappa shape index (κ3) is 6.71. The van der Waals surface area contributed by atoms with Gasteiger partial charge >= 0.3 is 0 Å². The van der Waals surface area contributed by atoms with Crippen LogP contribution in [0.15, 0.2) is 29.3 Å². The lowest BCUT2D eigenvalue weighted by Gasteiger charge is -2.27. The molecule has 0 radical (unpaired) electrons. The Bertz CT molecular complexity index is 823. The highest BCUT2D eigenvalue weighted by molar-refractivity contribution is 5.92. The molecule has 8 heteroatoms. The lowest BCUT2D eigenvalue weighted by atomic mass is 10.1. The second-order valence-corrected chi connectivity index (χ2v) is 8.24. The van der Waals surface area contributed by atoms with E-state index in [9.17, 15) is 9.59 Å². The molecule has 2 fully saturated rings. The standard InChI is InChI=1S/C23H32N6O2/c1-18-7-9-19(10-8-18)11-12-25-23(26-17-24)27-20-6-2-3-15-29(22(20)31)16-21(30)28-13-4-5-14-28/h7-10,20H,2-6,11-16H2,1H3,(H2,25,26,27). The maximum atomic E-state index is 13.1. The molecule has 1 atom stereocenters. The molecule has 0 aliphatic carbocycles. The molecule has 31 heavy (non-hydrogen) atoms. The first-order chi connectivity index (χ1) is 15.1. The summed E-state index contributed by atoms with van der Waals surface area (Å²) in [6.07, 6.45) is 7.10. The maximum absolute atomic E-state index is 13.1. The molecule has 8 nitrogen and oxygen atoms in total. The molecule has 1 aromatic carbocycles. The van der Waals surface area contributed by atoms with Gasteiger partial charge in [0.15, 0.2) is 6.19 Å². The van der Waals surface area contributed by atoms with Gasteiger partial charge in [-0.25, -0.2) is 0 Å². The van der Waals surface area contributed by atoms with Crippen molar-refractivity contribution in [3.8, 4) is 6.19 Å². The predicted molar refractivity (Wildman–Crippen MR) is 119 cm³/mol. The summed E-state index contributed by atoms with van der Waals surface area (Å²) in [5, 5.41) is 14.8. The number of aryl methyl sites for hydroxylation is 1. The van der Waals surface area contributed by atoms with Gasteiger partial charge < -0.3 is 15.1 Å². The minimum absolute atomic E-state index is 0.0219. The number of aliphatic imine (C=N–C) groups is 1. The van der Waals surface area contributed by atoms with Gasteiger partial charge in [-0.2, -0.15) is 5.26 Å². The summed E-state index contributed by atoms with van der Waals surface area (Å²) < 4.78 is 0. The number of nitriles is 1. The van der Waals surface area contributed by atoms with Crippen LogP contribution in [0.25, 0.3) is 0 Å². The lowest BCUT2D eigenvalue weighted by Crippen LogP contribution is -2.52. The van der Waals surface area contributed by atoms with Gasteiger partial charge in [0, 0.05) is 26.2 Å². The van der Waals surface area contributed by atoms with E-state index in [0.29, 0.717) is 25.5 Å². The number of likely N-dealkylation sites (tertiary alicyclic amines) is 2. The molecule has 166 valence electrons. The van der Waals surface area contributed by atoms with E-state index in [0.717, 1.165) is 45.2 Å². The molecule has 2 aliphatic heterocycles. The Morgan fingerprint density at radius 3 is 2.58 bits per heavy atom. The molecule has 1 unspecified atom stereocenters. The third-order valence-corrected chi connectivity index (χ3v) is 5.84. The Hall–Kier alpha value is -3.08. The van der Waals surface area contributed by atoms with Crippen molar-refractivity contribution in [1.82, 2.24) is 20.4 Å². The molecule has 2 heterocycles. The van der Waals surface area contributed by atoms with Crippen molar-refractivity contribution in [1.29, 1.82) is 5.26 Å². The lowest BCUT2D eigenvalue weighted by molar-refractivity contribution is -0.140. The first-order valence-corrected chi connectivity index (χ1v) is 11.1. The number of carbonyl (C=O) groups excluding carboxylic acids is 2. The zero-order valence-electron chi connectivity index (χ0n) is 18.3. The van der Waals surface area contributed by atoms with E-state index in [-0.39, 0.29) is 18.4 Å². The summed E-state index contributed by atoms with van der Waals surface area (Å²) in [4.78, 5) is 33.6. The van der Waals surface area contributed by atoms with Gasteiger partial charge in [-0.3, -0.25) is 19.9 Å². The quantitative estimate of drug-likeness (QED) is 0.312. The van der Waals surface area contributed by atoms with Crippen LogP contribution >= 0.6 is 0 Å². The van der Waals surface area contributed by atoms with Gasteiger partial charge in [-0.1, -0.05) is 29.8 Å². The van der Waals surface area contributed by atoms with E-state index < -0.39 is 6.04 Å². The largest absolute Gasteiger partial charge is 0.344 e. The minimum Gasteiger partial charge on any atom is -0.344 e. The van der Waals surface area contributed by atoms with Gasteiger partial charge in [-0.15, -0.1) is 0 Å². The summed E-state index contributed by atoms with van der Waals surface area (Å²) in [6.45, 7) is 4.83. The Kier molecular flexibility index (Phi) is 8.27. The van der Waals surface area contributed by atoms with Crippen LogP contribution in [0.3, 0.4) is 0 Å². The molecule has 0 bridgehead atoms. The predicted octanol–water partition coefficient (Wildman–Crippen LogP) is 1.56. The highest BCUT2D eigenvalue weighted by atomic mass is 16.2. The first-order valence-electron chi connectivity index (χ1n) is 11.1. The van der Waals surface area contributed by atoms with Crippen LogP contribution in [0.4, 0.5) is 0 Å². The number of benzene rings is 1. The summed E-state index contributed by atoms with van der Waals surface area (Å²) in [5.41, 5.74) is 2.38. The van der Waals surface area contributed by atoms with E-state index in [4.69, 9.17) is 5.26 Å². The molecule has 2 N–H and O–H groups in total. The Labute approximate surface area is 184 Å². The van der Waals surface area contributed by atoms with Crippen LogP contribution in [0.5, 0.6) is 0 Å². The van der Waals surface area contributed by atoms with Crippen LogP contribution in [0.2, 0.25) is 0 Å². The summed E-state index contributed by atoms with van der Waals surface area (Å²) in [5.74, 6) is 0.227. The average molecular weight is 425 g/mol. The third-order valence-electron chi connectivity index (χ3n) is 5.84. The Morgan fingerprint density at radius 1 is 1.16 bits per heavy atom. The molecule has 2 saturated heterocycles. The molecule has 1 aromatic rings. The smallest absolute Gasteiger partial charge is 0.245 e. The molecular weight excluding hydrogens is 392 g/mol. The molecule has 2 amide bonds. The SMILES string of the molecule is Cc1ccc(CCN=C(NC#N)NC2CCCCN(CC(=O)N3CCCC3)C2=O)cc1. The Morgan fingerprint density at radius 2 is 1.87 bits per heavy atom. The van der Waals surface area contributed by atoms with E-state index in [1.54, 1.807) is 4.90 Å². The first kappa shape index (κ1) is 22.6. The normalized spacial score (nSPS) is 19.7. The van der Waals surface area contributed by atoms with Crippen molar-refractivity contribution in [3.05, 3.63) is 35.4 Å². The topological polar surface area (TPSA) is 101 Å². The van der Waals surface area contributed by atoms with Gasteiger partial charge in [0.25, 0.3) is 0 Å². The minimum atomic E-state index is -0.493. The maximum Gasteiger partial charge on any atom is 0.245 e. The van der Waals surface area contributed by atoms with Crippen molar-refractivity contribution >= 4 is 17.8 Å². The van der Waals surface area contributed by atoms with Gasteiger partial charge in [0.1, 0.15) is 6.04 Å². The number of amides is 2. The fourth-order valence-electron chi connectivity index (χ4n) is 4.02. The number of carbonyl (C=O) groups is 2. The number of guanidine groups is 1. The van der Waals surface area contributed by atoms with Crippen LogP contribution < -0.4 is 10.6 Å². The monoisotopic (exact) mass is 424 g/mol. The fraction of sp³-hybridized carbons (Fsp3) is 0.565. The van der Waals surface area contributed by atoms with Gasteiger partial charge in [0.05, 0.1) is 6.54 Å². The summed E-state index contributed by atoms with van der Waals surface area (Å²) in [7, 11) is 0. The van der Waals surface area contributed by atoms with E-state index >= 15 is 0 Å². The number of hydrogen-bond donors (Lipinski definition) is 2. The van der Waals surface area contributed by atoms with Crippen LogP contribution in [0.1, 0.15) is 43.2 Å². The highest BCUT2D eigenvalue weighted by Crippen LogP contribution is 2.14. The van der Waals surface area contributed by atoms with Gasteiger partial charge in [-0.05, 0) is 51.0 Å². The number of nitrogens with zero attached hydrogens (tertiary/aromatic N) is 4. The van der Waals surface area contributed by atoms with E-state index in [1.165, 1.54) is 11.1 Å². The molecule has 0 aromatic heterocycles. The molecule has 3 rings (SSSR count). The van der Waals surface area contributed by atoms with Crippen LogP contribution in [-0.4, -0.2) is 66.3 Å². The van der Waals surface area contributed by atoms with Crippen molar-refractivity contribution in [2.24, 2.45) is 4.99 Å². The highest BCUT2D eigenvalue weighted by Gasteiger charge is 2.30. The fourth-order valence-corrected chi connectivity index (χ4v) is 4.02. The number of hydrogen-bond acceptors (Lipinski definition) is 4. The number of nitrogens with one attached hydrogen (secondary N) is 2. The summed E-state index contributed by atoms with van der Waals surface area (Å²) >= 11 is 0. The molecular formula is C23H32N6O2. The van der Waals surface area contributed by atoms with Crippen molar-refractivity contribution in [3.63, 3.8) is 0 Å². The van der Waals surface area contributed by atoms with E-state index in [2.05, 4.69) is 39.9 Å². The molecule has 2 aliphatic rings. The second-order valence-electron chi connectivity index (χ2n) is 8.24. The van der Waals surface area contributed by atoms with Crippen LogP contribution in [-0.2, 0) is 16.0 Å². The van der Waals surface area contributed by atoms with Crippen molar-refractivity contribution in [2.45, 2.75) is 51.5 Å². The average Bonchev–Trinajstić information content (AvgIpc) is 3.25. The zero-order valence-corrected chi connectivity index (χ0v) is 18.3. The van der Waals surface area contributed by atoms with E-state index in [1.807, 2.05) is 18.0 Å². The number of rotatable bonds is 6. The van der Waals surface area contributed by atoms with Crippen molar-refractivity contribution < 1.29 is 9.59 Å². The van der Waals surface area contributed by atoms with Crippen LogP contribution in [0, 0.1) is 18.4 Å². The molecule has 0 spiro atoms. The second kappa shape index (κ2) is 11.3. The molecule has 0 saturated carbocycles. The zero-order chi connectivity index (χ0) is 22.1. The summed E-state index contributed by atoms with van der Waals surface area (Å²) in [6, 6.07) is 7.77. The van der Waals surface area contributed by atoms with Gasteiger partial charge in [0.2, 0.25) is 17.8 Å².